The first-order valence-electron chi connectivity index (χ1n) is 7.36. The summed E-state index contributed by atoms with van der Waals surface area (Å²) in [6.45, 7) is 0.390. The second-order valence-corrected chi connectivity index (χ2v) is 7.62. The number of anilines is 1. The third kappa shape index (κ3) is 3.32. The second-order valence-electron chi connectivity index (χ2n) is 5.60. The van der Waals surface area contributed by atoms with Crippen LogP contribution in [0.5, 0.6) is 0 Å². The van der Waals surface area contributed by atoms with Gasteiger partial charge in [0.15, 0.2) is 15.9 Å². The smallest absolute Gasteiger partial charge is 0.258 e. The van der Waals surface area contributed by atoms with E-state index in [4.69, 9.17) is 4.74 Å². The lowest BCUT2D eigenvalue weighted by Gasteiger charge is -2.25. The van der Waals surface area contributed by atoms with E-state index in [-0.39, 0.29) is 10.6 Å². The molecule has 1 amide bonds. The van der Waals surface area contributed by atoms with Crippen LogP contribution in [0.3, 0.4) is 0 Å². The van der Waals surface area contributed by atoms with Crippen molar-refractivity contribution in [2.45, 2.75) is 17.4 Å². The Labute approximate surface area is 139 Å². The van der Waals surface area contributed by atoms with Crippen molar-refractivity contribution in [2.75, 3.05) is 18.2 Å². The summed E-state index contributed by atoms with van der Waals surface area (Å²) >= 11 is 0. The Kier molecular flexibility index (Phi) is 4.38. The summed E-state index contributed by atoms with van der Waals surface area (Å²) in [5.41, 5.74) is 1.56. The fourth-order valence-corrected chi connectivity index (χ4v) is 3.29. The van der Waals surface area contributed by atoms with E-state index in [0.717, 1.165) is 35.6 Å². The van der Waals surface area contributed by atoms with Crippen molar-refractivity contribution < 1.29 is 22.3 Å². The van der Waals surface area contributed by atoms with Gasteiger partial charge < -0.3 is 10.1 Å². The van der Waals surface area contributed by atoms with Crippen LogP contribution in [0, 0.1) is 5.82 Å². The molecule has 2 aromatic rings. The number of carbonyl (C=O) groups excluding carboxylic acids is 1. The molecule has 1 heterocycles. The number of hydrogen-bond acceptors (Lipinski definition) is 4. The number of hydrogen-bond donors (Lipinski definition) is 1. The van der Waals surface area contributed by atoms with E-state index in [1.807, 2.05) is 12.1 Å². The van der Waals surface area contributed by atoms with Crippen molar-refractivity contribution in [3.63, 3.8) is 0 Å². The number of ether oxygens (including phenoxy) is 1. The molecule has 3 rings (SSSR count). The van der Waals surface area contributed by atoms with E-state index >= 15 is 0 Å². The van der Waals surface area contributed by atoms with Gasteiger partial charge in [0.25, 0.3) is 5.91 Å². The van der Waals surface area contributed by atoms with Gasteiger partial charge in [0.1, 0.15) is 5.82 Å². The molecule has 2 aromatic carbocycles. The van der Waals surface area contributed by atoms with Crippen molar-refractivity contribution in [1.82, 2.24) is 0 Å². The van der Waals surface area contributed by atoms with Crippen molar-refractivity contribution in [1.29, 1.82) is 0 Å². The van der Waals surface area contributed by atoms with Crippen molar-refractivity contribution in [3.05, 3.63) is 59.4 Å². The molecular weight excluding hydrogens is 333 g/mol. The van der Waals surface area contributed by atoms with Gasteiger partial charge in [-0.3, -0.25) is 4.79 Å². The molecule has 1 N–H and O–H groups in total. The summed E-state index contributed by atoms with van der Waals surface area (Å²) < 4.78 is 42.6. The zero-order valence-electron chi connectivity index (χ0n) is 13.0. The Morgan fingerprint density at radius 1 is 1.25 bits per heavy atom. The highest BCUT2D eigenvalue weighted by Crippen LogP contribution is 2.29. The maximum absolute atomic E-state index is 13.9. The van der Waals surface area contributed by atoms with Crippen LogP contribution >= 0.6 is 0 Å². The van der Waals surface area contributed by atoms with E-state index in [9.17, 15) is 17.6 Å². The van der Waals surface area contributed by atoms with Crippen LogP contribution in [-0.2, 0) is 25.8 Å². The highest BCUT2D eigenvalue weighted by molar-refractivity contribution is 7.90. The van der Waals surface area contributed by atoms with Crippen molar-refractivity contribution >= 4 is 21.4 Å². The number of fused-ring (bicyclic) bond motifs is 1. The third-order valence-corrected chi connectivity index (χ3v) is 4.97. The van der Waals surface area contributed by atoms with Crippen molar-refractivity contribution in [3.8, 4) is 0 Å². The Morgan fingerprint density at radius 3 is 2.75 bits per heavy atom. The van der Waals surface area contributed by atoms with Gasteiger partial charge in [0, 0.05) is 6.26 Å². The van der Waals surface area contributed by atoms with Gasteiger partial charge in [0.05, 0.1) is 17.2 Å². The van der Waals surface area contributed by atoms with Gasteiger partial charge in [0.2, 0.25) is 0 Å². The Hall–Kier alpha value is -2.25. The molecular formula is C17H16FNO4S. The lowest BCUT2D eigenvalue weighted by molar-refractivity contribution is -0.128. The molecule has 5 nitrogen and oxygen atoms in total. The highest BCUT2D eigenvalue weighted by atomic mass is 32.2. The predicted octanol–water partition coefficient (Wildman–Crippen LogP) is 2.48. The average Bonchev–Trinajstić information content (AvgIpc) is 2.55. The molecule has 0 fully saturated rings. The summed E-state index contributed by atoms with van der Waals surface area (Å²) in [5.74, 6) is -1.24. The molecule has 24 heavy (non-hydrogen) atoms. The first kappa shape index (κ1) is 16.6. The maximum Gasteiger partial charge on any atom is 0.258 e. The zero-order valence-corrected chi connectivity index (χ0v) is 13.8. The fraction of sp³-hybridized carbons (Fsp3) is 0.235. The van der Waals surface area contributed by atoms with E-state index in [1.54, 1.807) is 12.1 Å². The molecule has 126 valence electrons. The summed E-state index contributed by atoms with van der Waals surface area (Å²) in [7, 11) is -3.50. The average molecular weight is 349 g/mol. The molecule has 0 aliphatic carbocycles. The molecule has 1 atom stereocenters. The first-order valence-corrected chi connectivity index (χ1v) is 9.25. The van der Waals surface area contributed by atoms with E-state index in [2.05, 4.69) is 5.32 Å². The number of rotatable bonds is 3. The quantitative estimate of drug-likeness (QED) is 0.864. The molecule has 0 saturated heterocycles. The van der Waals surface area contributed by atoms with Crippen LogP contribution in [0.4, 0.5) is 10.1 Å². The second kappa shape index (κ2) is 6.33. The van der Waals surface area contributed by atoms with Crippen LogP contribution in [0.15, 0.2) is 47.4 Å². The predicted molar refractivity (Wildman–Crippen MR) is 87.0 cm³/mol. The molecule has 0 aromatic heterocycles. The van der Waals surface area contributed by atoms with E-state index in [0.29, 0.717) is 13.0 Å². The van der Waals surface area contributed by atoms with Gasteiger partial charge in [-0.1, -0.05) is 24.3 Å². The van der Waals surface area contributed by atoms with Gasteiger partial charge in [-0.05, 0) is 35.7 Å². The third-order valence-electron chi connectivity index (χ3n) is 3.86. The summed E-state index contributed by atoms with van der Waals surface area (Å²) in [5, 5.41) is 2.43. The number of nitrogens with one attached hydrogen (secondary N) is 1. The van der Waals surface area contributed by atoms with Gasteiger partial charge >= 0.3 is 0 Å². The minimum Gasteiger partial charge on any atom is -0.363 e. The number of carbonyl (C=O) groups is 1. The topological polar surface area (TPSA) is 72.5 Å². The van der Waals surface area contributed by atoms with Gasteiger partial charge in [-0.2, -0.15) is 0 Å². The monoisotopic (exact) mass is 349 g/mol. The van der Waals surface area contributed by atoms with Crippen LogP contribution < -0.4 is 5.32 Å². The minimum atomic E-state index is -3.50. The van der Waals surface area contributed by atoms with E-state index in [1.165, 1.54) is 0 Å². The van der Waals surface area contributed by atoms with E-state index < -0.39 is 27.7 Å². The van der Waals surface area contributed by atoms with Crippen LogP contribution in [0.25, 0.3) is 0 Å². The number of halogens is 1. The molecule has 1 unspecified atom stereocenters. The summed E-state index contributed by atoms with van der Waals surface area (Å²) in [6.07, 6.45) is 0.876. The summed E-state index contributed by atoms with van der Waals surface area (Å²) in [4.78, 5) is 12.4. The molecule has 0 spiro atoms. The molecule has 0 radical (unpaired) electrons. The number of benzene rings is 2. The lowest BCUT2D eigenvalue weighted by Crippen LogP contribution is -2.28. The SMILES string of the molecule is CS(=O)(=O)c1ccc(F)c(NC(=O)C2OCCc3ccccc32)c1. The summed E-state index contributed by atoms with van der Waals surface area (Å²) in [6, 6.07) is 10.7. The highest BCUT2D eigenvalue weighted by Gasteiger charge is 2.28. The molecule has 7 heteroatoms. The first-order chi connectivity index (χ1) is 11.4. The standard InChI is InChI=1S/C17H16FNO4S/c1-24(21,22)12-6-7-14(18)15(10-12)19-17(20)16-13-5-3-2-4-11(13)8-9-23-16/h2-7,10,16H,8-9H2,1H3,(H,19,20). The zero-order chi connectivity index (χ0) is 17.3. The lowest BCUT2D eigenvalue weighted by atomic mass is 9.97. The van der Waals surface area contributed by atoms with Crippen LogP contribution in [-0.4, -0.2) is 27.2 Å². The number of sulfone groups is 1. The maximum atomic E-state index is 13.9. The normalized spacial score (nSPS) is 17.2. The Balaban J connectivity index is 1.89. The Bertz CT molecular complexity index is 895. The fourth-order valence-electron chi connectivity index (χ4n) is 2.64. The van der Waals surface area contributed by atoms with Crippen LogP contribution in [0.1, 0.15) is 17.2 Å². The molecule has 0 saturated carbocycles. The van der Waals surface area contributed by atoms with Crippen LogP contribution in [0.2, 0.25) is 0 Å². The van der Waals surface area contributed by atoms with Crippen molar-refractivity contribution in [2.24, 2.45) is 0 Å². The largest absolute Gasteiger partial charge is 0.363 e. The minimum absolute atomic E-state index is 0.0656. The Morgan fingerprint density at radius 2 is 2.00 bits per heavy atom. The molecule has 1 aliphatic heterocycles. The molecule has 0 bridgehead atoms. The van der Waals surface area contributed by atoms with Gasteiger partial charge in [-0.25, -0.2) is 12.8 Å². The van der Waals surface area contributed by atoms with Gasteiger partial charge in [-0.15, -0.1) is 0 Å². The number of amides is 1. The molecule has 1 aliphatic rings.